The fraction of sp³-hybridized carbons (Fsp3) is 0.789. The van der Waals surface area contributed by atoms with Crippen LogP contribution in [0.3, 0.4) is 0 Å². The van der Waals surface area contributed by atoms with Gasteiger partial charge in [-0.05, 0) is 25.7 Å². The zero-order valence-electron chi connectivity index (χ0n) is 14.1. The maximum Gasteiger partial charge on any atom is 0.164 e. The molecule has 3 nitrogen and oxygen atoms in total. The minimum Gasteiger partial charge on any atom is -0.359 e. The van der Waals surface area contributed by atoms with Crippen LogP contribution in [0.1, 0.15) is 84.0 Å². The molecule has 1 aliphatic heterocycles. The fourth-order valence-corrected chi connectivity index (χ4v) is 2.91. The maximum absolute atomic E-state index is 12.1. The summed E-state index contributed by atoms with van der Waals surface area (Å²) >= 11 is 0. The average Bonchev–Trinajstić information content (AvgIpc) is 2.88. The number of Topliss-reactive ketones (excluding diaryl/α,β-unsaturated/α-hetero) is 2. The highest BCUT2D eigenvalue weighted by Crippen LogP contribution is 2.23. The Kier molecular flexibility index (Phi) is 10.1. The Morgan fingerprint density at radius 1 is 1.18 bits per heavy atom. The number of ether oxygens (including phenoxy) is 1. The van der Waals surface area contributed by atoms with Crippen molar-refractivity contribution in [3.8, 4) is 0 Å². The molecule has 0 radical (unpaired) electrons. The van der Waals surface area contributed by atoms with E-state index in [4.69, 9.17) is 4.74 Å². The van der Waals surface area contributed by atoms with Crippen molar-refractivity contribution in [2.75, 3.05) is 0 Å². The van der Waals surface area contributed by atoms with Crippen molar-refractivity contribution in [3.05, 3.63) is 12.7 Å². The normalized spacial score (nSPS) is 21.2. The second-order valence-corrected chi connectivity index (χ2v) is 6.34. The van der Waals surface area contributed by atoms with E-state index in [0.717, 1.165) is 44.9 Å². The van der Waals surface area contributed by atoms with Gasteiger partial charge in [-0.3, -0.25) is 9.59 Å². The van der Waals surface area contributed by atoms with Crippen LogP contribution in [-0.2, 0) is 14.3 Å². The maximum atomic E-state index is 12.1. The predicted octanol–water partition coefficient (Wildman–Crippen LogP) is 4.78. The fourth-order valence-electron chi connectivity index (χ4n) is 2.91. The molecular weight excluding hydrogens is 276 g/mol. The van der Waals surface area contributed by atoms with Gasteiger partial charge >= 0.3 is 0 Å². The molecule has 1 saturated heterocycles. The van der Waals surface area contributed by atoms with Crippen molar-refractivity contribution < 1.29 is 14.3 Å². The van der Waals surface area contributed by atoms with Crippen molar-refractivity contribution in [3.63, 3.8) is 0 Å². The first-order chi connectivity index (χ1) is 10.7. The van der Waals surface area contributed by atoms with E-state index in [1.807, 2.05) is 6.08 Å². The van der Waals surface area contributed by atoms with E-state index in [1.165, 1.54) is 19.3 Å². The molecule has 1 heterocycles. The van der Waals surface area contributed by atoms with E-state index >= 15 is 0 Å². The molecule has 0 saturated carbocycles. The van der Waals surface area contributed by atoms with Gasteiger partial charge in [-0.1, -0.05) is 51.5 Å². The number of hydrogen-bond donors (Lipinski definition) is 0. The van der Waals surface area contributed by atoms with Gasteiger partial charge in [0.2, 0.25) is 0 Å². The lowest BCUT2D eigenvalue weighted by molar-refractivity contribution is -0.130. The number of rotatable bonds is 13. The summed E-state index contributed by atoms with van der Waals surface area (Å²) in [7, 11) is 0. The van der Waals surface area contributed by atoms with E-state index in [2.05, 4.69) is 13.5 Å². The summed E-state index contributed by atoms with van der Waals surface area (Å²) in [5.74, 6) is 0.247. The molecule has 0 spiro atoms. The molecule has 126 valence electrons. The molecule has 1 rings (SSSR count). The molecule has 0 aliphatic carbocycles. The highest BCUT2D eigenvalue weighted by Gasteiger charge is 2.36. The zero-order chi connectivity index (χ0) is 16.2. The lowest BCUT2D eigenvalue weighted by Gasteiger charge is -2.11. The van der Waals surface area contributed by atoms with Crippen LogP contribution in [0.25, 0.3) is 0 Å². The Morgan fingerprint density at radius 3 is 2.64 bits per heavy atom. The Balaban J connectivity index is 2.12. The Bertz CT molecular complexity index is 349. The van der Waals surface area contributed by atoms with Crippen molar-refractivity contribution in [1.29, 1.82) is 0 Å². The standard InChI is InChI=1S/C19H32O3/c1-3-5-7-8-9-10-12-13-16(20)19-15-17(21)18(22-19)14-11-6-4-2/h3,18-19H,1,4-15H2,2H3/t18-,19+/m0/s1. The van der Waals surface area contributed by atoms with Crippen molar-refractivity contribution in [2.24, 2.45) is 0 Å². The molecule has 3 heteroatoms. The lowest BCUT2D eigenvalue weighted by atomic mass is 10.0. The first kappa shape index (κ1) is 19.1. The summed E-state index contributed by atoms with van der Waals surface area (Å²) < 4.78 is 5.68. The van der Waals surface area contributed by atoms with Crippen LogP contribution in [0.5, 0.6) is 0 Å². The van der Waals surface area contributed by atoms with Gasteiger partial charge in [0.1, 0.15) is 12.2 Å². The summed E-state index contributed by atoms with van der Waals surface area (Å²) in [4.78, 5) is 24.0. The topological polar surface area (TPSA) is 43.4 Å². The van der Waals surface area contributed by atoms with Crippen LogP contribution in [-0.4, -0.2) is 23.8 Å². The summed E-state index contributed by atoms with van der Waals surface area (Å²) in [5.41, 5.74) is 0. The third-order valence-corrected chi connectivity index (χ3v) is 4.33. The van der Waals surface area contributed by atoms with Crippen molar-refractivity contribution in [1.82, 2.24) is 0 Å². The molecule has 1 aliphatic rings. The number of carbonyl (C=O) groups excluding carboxylic acids is 2. The molecule has 0 unspecified atom stereocenters. The summed E-state index contributed by atoms with van der Waals surface area (Å²) in [6.07, 6.45) is 12.7. The quantitative estimate of drug-likeness (QED) is 0.363. The lowest BCUT2D eigenvalue weighted by Crippen LogP contribution is -2.21. The Hall–Kier alpha value is -0.960. The Morgan fingerprint density at radius 2 is 1.91 bits per heavy atom. The predicted molar refractivity (Wildman–Crippen MR) is 90.0 cm³/mol. The highest BCUT2D eigenvalue weighted by molar-refractivity contribution is 5.94. The minimum atomic E-state index is -0.458. The van der Waals surface area contributed by atoms with E-state index in [0.29, 0.717) is 12.8 Å². The van der Waals surface area contributed by atoms with Crippen molar-refractivity contribution >= 4 is 11.6 Å². The van der Waals surface area contributed by atoms with Gasteiger partial charge in [0, 0.05) is 12.8 Å². The van der Waals surface area contributed by atoms with Crippen LogP contribution in [0.4, 0.5) is 0 Å². The summed E-state index contributed by atoms with van der Waals surface area (Å²) in [6, 6.07) is 0. The minimum absolute atomic E-state index is 0.123. The van der Waals surface area contributed by atoms with Gasteiger partial charge in [-0.15, -0.1) is 6.58 Å². The molecule has 0 bridgehead atoms. The third kappa shape index (κ3) is 7.35. The van der Waals surface area contributed by atoms with Gasteiger partial charge in [0.05, 0.1) is 0 Å². The number of allylic oxidation sites excluding steroid dienone is 1. The van der Waals surface area contributed by atoms with Gasteiger partial charge in [-0.25, -0.2) is 0 Å². The SMILES string of the molecule is C=CCCCCCCCC(=O)[C@H]1CC(=O)[C@H](CCCCC)O1. The van der Waals surface area contributed by atoms with Gasteiger partial charge in [-0.2, -0.15) is 0 Å². The van der Waals surface area contributed by atoms with Crippen LogP contribution >= 0.6 is 0 Å². The first-order valence-corrected chi connectivity index (χ1v) is 9.00. The van der Waals surface area contributed by atoms with Crippen LogP contribution in [0.15, 0.2) is 12.7 Å². The summed E-state index contributed by atoms with van der Waals surface area (Å²) in [6.45, 7) is 5.85. The van der Waals surface area contributed by atoms with E-state index in [9.17, 15) is 9.59 Å². The van der Waals surface area contributed by atoms with Gasteiger partial charge in [0.25, 0.3) is 0 Å². The number of carbonyl (C=O) groups is 2. The summed E-state index contributed by atoms with van der Waals surface area (Å²) in [5, 5.41) is 0. The monoisotopic (exact) mass is 308 g/mol. The molecule has 1 fully saturated rings. The van der Waals surface area contributed by atoms with E-state index < -0.39 is 6.10 Å². The molecule has 0 aromatic carbocycles. The number of hydrogen-bond acceptors (Lipinski definition) is 3. The molecule has 0 N–H and O–H groups in total. The molecule has 2 atom stereocenters. The van der Waals surface area contributed by atoms with E-state index in [1.54, 1.807) is 0 Å². The smallest absolute Gasteiger partial charge is 0.164 e. The Labute approximate surface area is 135 Å². The van der Waals surface area contributed by atoms with Crippen LogP contribution < -0.4 is 0 Å². The van der Waals surface area contributed by atoms with Crippen LogP contribution in [0.2, 0.25) is 0 Å². The van der Waals surface area contributed by atoms with Crippen molar-refractivity contribution in [2.45, 2.75) is 96.2 Å². The second-order valence-electron chi connectivity index (χ2n) is 6.34. The van der Waals surface area contributed by atoms with E-state index in [-0.39, 0.29) is 17.7 Å². The largest absolute Gasteiger partial charge is 0.359 e. The zero-order valence-corrected chi connectivity index (χ0v) is 14.1. The third-order valence-electron chi connectivity index (χ3n) is 4.33. The average molecular weight is 308 g/mol. The molecule has 22 heavy (non-hydrogen) atoms. The molecule has 0 aromatic rings. The second kappa shape index (κ2) is 11.6. The number of ketones is 2. The first-order valence-electron chi connectivity index (χ1n) is 9.00. The number of unbranched alkanes of at least 4 members (excludes halogenated alkanes) is 7. The molecular formula is C19H32O3. The molecule has 0 aromatic heterocycles. The van der Waals surface area contributed by atoms with Gasteiger partial charge in [0.15, 0.2) is 11.6 Å². The van der Waals surface area contributed by atoms with Crippen LogP contribution in [0, 0.1) is 0 Å². The highest BCUT2D eigenvalue weighted by atomic mass is 16.5. The van der Waals surface area contributed by atoms with Gasteiger partial charge < -0.3 is 4.74 Å². The molecule has 0 amide bonds.